The second-order valence-corrected chi connectivity index (χ2v) is 7.85. The average Bonchev–Trinajstić information content (AvgIpc) is 3.46. The first-order chi connectivity index (χ1) is 14.4. The Balaban J connectivity index is 0.00000231. The maximum absolute atomic E-state index is 15.7. The minimum atomic E-state index is -1.41. The van der Waals surface area contributed by atoms with Crippen LogP contribution in [0.5, 0.6) is 0 Å². The number of fused-ring (bicyclic) bond motifs is 2. The molecule has 1 fully saturated rings. The topological polar surface area (TPSA) is 88.6 Å². The molecule has 3 N–H and O–H groups in total. The summed E-state index contributed by atoms with van der Waals surface area (Å²) in [5, 5.41) is 9.10. The van der Waals surface area contributed by atoms with Crippen molar-refractivity contribution in [3.8, 4) is 0 Å². The Labute approximate surface area is 182 Å². The van der Waals surface area contributed by atoms with Crippen molar-refractivity contribution in [1.29, 1.82) is 0 Å². The lowest BCUT2D eigenvalue weighted by Crippen LogP contribution is -2.23. The molecule has 5 rings (SSSR count). The molecule has 0 amide bonds. The smallest absolute Gasteiger partial charge is 0.341 e. The molecule has 0 spiro atoms. The quantitative estimate of drug-likeness (QED) is 0.636. The number of carboxylic acid groups (broad SMARTS) is 1. The molecule has 0 radical (unpaired) electrons. The maximum atomic E-state index is 15.7. The van der Waals surface area contributed by atoms with Gasteiger partial charge in [0.15, 0.2) is 5.82 Å². The van der Waals surface area contributed by atoms with Crippen LogP contribution < -0.4 is 16.1 Å². The standard InChI is InChI=1S/C22H19F2N3O3.ClH/c23-17-6-14-19(27(13-4-5-13)10-16(21(14)28)22(29)30)18(24)20(17)26-8-12-3-1-2-11(7-25)15(12)9-26;/h1-3,6,10,13H,4-5,7-9,25H2,(H,29,30);1H. The van der Waals surface area contributed by atoms with E-state index in [1.165, 1.54) is 10.8 Å². The number of carboxylic acids is 1. The molecule has 2 aliphatic rings. The monoisotopic (exact) mass is 447 g/mol. The van der Waals surface area contributed by atoms with Gasteiger partial charge in [0.25, 0.3) is 0 Å². The highest BCUT2D eigenvalue weighted by molar-refractivity contribution is 5.94. The van der Waals surface area contributed by atoms with E-state index < -0.39 is 28.6 Å². The van der Waals surface area contributed by atoms with E-state index in [0.717, 1.165) is 35.6 Å². The normalized spacial score (nSPS) is 15.1. The third kappa shape index (κ3) is 3.26. The van der Waals surface area contributed by atoms with E-state index >= 15 is 8.78 Å². The number of aromatic nitrogens is 1. The van der Waals surface area contributed by atoms with Gasteiger partial charge in [-0.15, -0.1) is 12.4 Å². The molecule has 0 atom stereocenters. The molecule has 1 saturated carbocycles. The number of hydrogen-bond acceptors (Lipinski definition) is 4. The van der Waals surface area contributed by atoms with Gasteiger partial charge < -0.3 is 20.3 Å². The van der Waals surface area contributed by atoms with E-state index in [2.05, 4.69) is 0 Å². The van der Waals surface area contributed by atoms with E-state index in [0.29, 0.717) is 19.6 Å². The van der Waals surface area contributed by atoms with Gasteiger partial charge in [-0.2, -0.15) is 0 Å². The first-order valence-electron chi connectivity index (χ1n) is 9.75. The highest BCUT2D eigenvalue weighted by atomic mass is 35.5. The van der Waals surface area contributed by atoms with E-state index in [-0.39, 0.29) is 35.0 Å². The lowest BCUT2D eigenvalue weighted by atomic mass is 10.0. The number of rotatable bonds is 4. The van der Waals surface area contributed by atoms with Crippen LogP contribution in [-0.2, 0) is 19.6 Å². The van der Waals surface area contributed by atoms with Crippen LogP contribution in [0.4, 0.5) is 14.5 Å². The van der Waals surface area contributed by atoms with Crippen molar-refractivity contribution in [1.82, 2.24) is 4.57 Å². The highest BCUT2D eigenvalue weighted by Crippen LogP contribution is 2.41. The van der Waals surface area contributed by atoms with Crippen molar-refractivity contribution < 1.29 is 18.7 Å². The van der Waals surface area contributed by atoms with Crippen molar-refractivity contribution in [3.05, 3.63) is 74.6 Å². The molecule has 0 saturated heterocycles. The zero-order chi connectivity index (χ0) is 21.2. The Morgan fingerprint density at radius 3 is 2.61 bits per heavy atom. The molecule has 3 aromatic rings. The molecule has 1 aliphatic carbocycles. The fourth-order valence-corrected chi connectivity index (χ4v) is 4.36. The number of nitrogens with two attached hydrogens (primary N) is 1. The summed E-state index contributed by atoms with van der Waals surface area (Å²) >= 11 is 0. The molecular weight excluding hydrogens is 428 g/mol. The molecule has 6 nitrogen and oxygen atoms in total. The van der Waals surface area contributed by atoms with Crippen LogP contribution in [-0.4, -0.2) is 15.6 Å². The zero-order valence-electron chi connectivity index (χ0n) is 16.4. The summed E-state index contributed by atoms with van der Waals surface area (Å²) in [6.07, 6.45) is 2.68. The minimum Gasteiger partial charge on any atom is -0.477 e. The van der Waals surface area contributed by atoms with Crippen molar-refractivity contribution in [2.45, 2.75) is 38.5 Å². The van der Waals surface area contributed by atoms with E-state index in [4.69, 9.17) is 5.73 Å². The summed E-state index contributed by atoms with van der Waals surface area (Å²) < 4.78 is 32.3. The van der Waals surface area contributed by atoms with Gasteiger partial charge in [0.2, 0.25) is 5.43 Å². The number of hydrogen-bond donors (Lipinski definition) is 2. The third-order valence-corrected chi connectivity index (χ3v) is 5.97. The molecule has 162 valence electrons. The van der Waals surface area contributed by atoms with Crippen LogP contribution in [0.25, 0.3) is 10.9 Å². The molecule has 2 heterocycles. The van der Waals surface area contributed by atoms with Crippen molar-refractivity contribution in [2.75, 3.05) is 4.90 Å². The summed E-state index contributed by atoms with van der Waals surface area (Å²) in [5.74, 6) is -3.14. The number of benzene rings is 2. The van der Waals surface area contributed by atoms with Gasteiger partial charge in [0.05, 0.1) is 10.9 Å². The Morgan fingerprint density at radius 1 is 1.23 bits per heavy atom. The number of anilines is 1. The van der Waals surface area contributed by atoms with E-state index in [1.54, 1.807) is 4.90 Å². The lowest BCUT2D eigenvalue weighted by molar-refractivity contribution is 0.0694. The van der Waals surface area contributed by atoms with Gasteiger partial charge in [-0.05, 0) is 35.6 Å². The Kier molecular flexibility index (Phi) is 5.23. The van der Waals surface area contributed by atoms with E-state index in [9.17, 15) is 14.7 Å². The summed E-state index contributed by atoms with van der Waals surface area (Å²) in [5.41, 5.74) is 7.03. The Morgan fingerprint density at radius 2 is 1.97 bits per heavy atom. The van der Waals surface area contributed by atoms with Crippen molar-refractivity contribution in [2.24, 2.45) is 5.73 Å². The van der Waals surface area contributed by atoms with Gasteiger partial charge >= 0.3 is 5.97 Å². The average molecular weight is 448 g/mol. The third-order valence-electron chi connectivity index (χ3n) is 5.97. The van der Waals surface area contributed by atoms with Gasteiger partial charge in [-0.3, -0.25) is 4.79 Å². The molecule has 1 aromatic heterocycles. The second-order valence-electron chi connectivity index (χ2n) is 7.85. The molecule has 31 heavy (non-hydrogen) atoms. The largest absolute Gasteiger partial charge is 0.477 e. The SMILES string of the molecule is Cl.NCc1cccc2c1CN(c1c(F)cc3c(=O)c(C(=O)O)cn(C4CC4)c3c1F)C2. The summed E-state index contributed by atoms with van der Waals surface area (Å²) in [7, 11) is 0. The van der Waals surface area contributed by atoms with Gasteiger partial charge in [0.1, 0.15) is 17.1 Å². The molecule has 1 aliphatic heterocycles. The molecule has 0 bridgehead atoms. The predicted molar refractivity (Wildman–Crippen MR) is 115 cm³/mol. The Bertz CT molecular complexity index is 1290. The predicted octanol–water partition coefficient (Wildman–Crippen LogP) is 3.71. The van der Waals surface area contributed by atoms with Crippen LogP contribution in [0.2, 0.25) is 0 Å². The highest BCUT2D eigenvalue weighted by Gasteiger charge is 2.32. The Hall–Kier alpha value is -2.97. The molecular formula is C22H20ClF2N3O3. The van der Waals surface area contributed by atoms with Crippen molar-refractivity contribution >= 4 is 35.0 Å². The van der Waals surface area contributed by atoms with Crippen LogP contribution in [0.15, 0.2) is 35.3 Å². The number of carbonyl (C=O) groups is 1. The summed E-state index contributed by atoms with van der Waals surface area (Å²) in [6.45, 7) is 0.963. The van der Waals surface area contributed by atoms with Crippen LogP contribution >= 0.6 is 12.4 Å². The van der Waals surface area contributed by atoms with Crippen LogP contribution in [0.3, 0.4) is 0 Å². The minimum absolute atomic E-state index is 0. The molecule has 0 unspecified atom stereocenters. The van der Waals surface area contributed by atoms with Gasteiger partial charge in [-0.1, -0.05) is 18.2 Å². The second kappa shape index (κ2) is 7.62. The first kappa shape index (κ1) is 21.3. The fourth-order valence-electron chi connectivity index (χ4n) is 4.36. The number of pyridine rings is 1. The van der Waals surface area contributed by atoms with E-state index in [1.807, 2.05) is 18.2 Å². The summed E-state index contributed by atoms with van der Waals surface area (Å²) in [4.78, 5) is 25.7. The number of halogens is 3. The maximum Gasteiger partial charge on any atom is 0.341 e. The first-order valence-corrected chi connectivity index (χ1v) is 9.75. The summed E-state index contributed by atoms with van der Waals surface area (Å²) in [6, 6.07) is 6.54. The van der Waals surface area contributed by atoms with Crippen LogP contribution in [0.1, 0.15) is 45.9 Å². The van der Waals surface area contributed by atoms with Gasteiger partial charge in [-0.25, -0.2) is 13.6 Å². The zero-order valence-corrected chi connectivity index (χ0v) is 17.2. The molecule has 9 heteroatoms. The lowest BCUT2D eigenvalue weighted by Gasteiger charge is -2.22. The number of aromatic carboxylic acids is 1. The molecule has 2 aromatic carbocycles. The van der Waals surface area contributed by atoms with Gasteiger partial charge in [0, 0.05) is 31.9 Å². The van der Waals surface area contributed by atoms with Crippen LogP contribution in [0, 0.1) is 11.6 Å². The fraction of sp³-hybridized carbons (Fsp3) is 0.273. The number of nitrogens with zero attached hydrogens (tertiary/aromatic N) is 2. The van der Waals surface area contributed by atoms with Crippen molar-refractivity contribution in [3.63, 3.8) is 0 Å².